The molecule has 5 heteroatoms. The lowest BCUT2D eigenvalue weighted by Crippen LogP contribution is -2.24. The summed E-state index contributed by atoms with van der Waals surface area (Å²) in [6, 6.07) is 0. The van der Waals surface area contributed by atoms with Gasteiger partial charge in [-0.15, -0.1) is 0 Å². The zero-order valence-corrected chi connectivity index (χ0v) is 11.8. The van der Waals surface area contributed by atoms with E-state index in [1.54, 1.807) is 0 Å². The molecule has 0 amide bonds. The van der Waals surface area contributed by atoms with Crippen LogP contribution < -0.4 is 0 Å². The monoisotopic (exact) mass is 274 g/mol. The van der Waals surface area contributed by atoms with Crippen LogP contribution in [0, 0.1) is 0 Å². The Morgan fingerprint density at radius 2 is 1.82 bits per heavy atom. The van der Waals surface area contributed by atoms with Gasteiger partial charge < -0.3 is 4.74 Å². The highest BCUT2D eigenvalue weighted by molar-refractivity contribution is 6.34. The van der Waals surface area contributed by atoms with E-state index in [1.807, 2.05) is 20.8 Å². The first-order chi connectivity index (χ1) is 7.94. The smallest absolute Gasteiger partial charge is 0.163 e. The van der Waals surface area contributed by atoms with Gasteiger partial charge in [-0.1, -0.05) is 37.0 Å². The molecule has 2 rings (SSSR count). The van der Waals surface area contributed by atoms with Crippen LogP contribution in [-0.4, -0.2) is 16.6 Å². The van der Waals surface area contributed by atoms with E-state index in [0.717, 1.165) is 25.0 Å². The second-order valence-corrected chi connectivity index (χ2v) is 5.60. The molecule has 2 heterocycles. The molecule has 1 aromatic rings. The summed E-state index contributed by atoms with van der Waals surface area (Å²) >= 11 is 12.4. The van der Waals surface area contributed by atoms with Crippen molar-refractivity contribution in [3.05, 3.63) is 21.7 Å². The Hall–Kier alpha value is -0.380. The van der Waals surface area contributed by atoms with Gasteiger partial charge in [-0.25, -0.2) is 9.97 Å². The zero-order chi connectivity index (χ0) is 12.6. The van der Waals surface area contributed by atoms with Gasteiger partial charge in [-0.05, 0) is 25.7 Å². The maximum atomic E-state index is 6.18. The van der Waals surface area contributed by atoms with Gasteiger partial charge in [-0.3, -0.25) is 0 Å². The van der Waals surface area contributed by atoms with Crippen molar-refractivity contribution in [3.63, 3.8) is 0 Å². The van der Waals surface area contributed by atoms with Crippen molar-refractivity contribution < 1.29 is 4.74 Å². The molecule has 1 aliphatic heterocycles. The number of hydrogen-bond donors (Lipinski definition) is 0. The third-order valence-corrected chi connectivity index (χ3v) is 3.70. The van der Waals surface area contributed by atoms with E-state index >= 15 is 0 Å². The predicted molar refractivity (Wildman–Crippen MR) is 68.7 cm³/mol. The molecule has 3 nitrogen and oxygen atoms in total. The minimum atomic E-state index is -0.442. The Morgan fingerprint density at radius 3 is 2.24 bits per heavy atom. The number of halogens is 2. The molecule has 17 heavy (non-hydrogen) atoms. The average Bonchev–Trinajstić information content (AvgIpc) is 2.64. The number of nitrogens with zero attached hydrogens (tertiary/aromatic N) is 2. The van der Waals surface area contributed by atoms with E-state index in [9.17, 15) is 0 Å². The standard InChI is InChI=1S/C12H16Cl2N2O/c1-7(2)8-9(13)15-11(16-10(8)14)12(3)5-4-6-17-12/h7H,4-6H2,1-3H3. The van der Waals surface area contributed by atoms with Crippen LogP contribution in [0.4, 0.5) is 0 Å². The minimum absolute atomic E-state index is 0.210. The van der Waals surface area contributed by atoms with E-state index in [2.05, 4.69) is 9.97 Å². The predicted octanol–water partition coefficient (Wildman–Crippen LogP) is 3.93. The summed E-state index contributed by atoms with van der Waals surface area (Å²) in [5.74, 6) is 0.802. The van der Waals surface area contributed by atoms with Crippen molar-refractivity contribution in [3.8, 4) is 0 Å². The summed E-state index contributed by atoms with van der Waals surface area (Å²) in [6.45, 7) is 6.76. The zero-order valence-electron chi connectivity index (χ0n) is 10.3. The molecule has 0 bridgehead atoms. The molecule has 0 aliphatic carbocycles. The molecule has 1 aliphatic rings. The van der Waals surface area contributed by atoms with Gasteiger partial charge in [0.1, 0.15) is 15.9 Å². The molecule has 1 fully saturated rings. The topological polar surface area (TPSA) is 35.0 Å². The molecule has 0 spiro atoms. The largest absolute Gasteiger partial charge is 0.367 e. The van der Waals surface area contributed by atoms with E-state index in [0.29, 0.717) is 16.1 Å². The lowest BCUT2D eigenvalue weighted by molar-refractivity contribution is 0.00930. The van der Waals surface area contributed by atoms with Crippen LogP contribution in [0.1, 0.15) is 50.9 Å². The fourth-order valence-electron chi connectivity index (χ4n) is 2.08. The normalized spacial score (nSPS) is 24.6. The molecule has 0 radical (unpaired) electrons. The van der Waals surface area contributed by atoms with E-state index in [4.69, 9.17) is 27.9 Å². The first-order valence-electron chi connectivity index (χ1n) is 5.81. The molecular formula is C12H16Cl2N2O. The highest BCUT2D eigenvalue weighted by Gasteiger charge is 2.36. The van der Waals surface area contributed by atoms with Gasteiger partial charge in [0, 0.05) is 12.2 Å². The Kier molecular flexibility index (Phi) is 3.62. The fourth-order valence-corrected chi connectivity index (χ4v) is 2.91. The van der Waals surface area contributed by atoms with Gasteiger partial charge in [0.25, 0.3) is 0 Å². The van der Waals surface area contributed by atoms with Crippen molar-refractivity contribution in [2.75, 3.05) is 6.61 Å². The SMILES string of the molecule is CC(C)c1c(Cl)nc(C2(C)CCCO2)nc1Cl. The summed E-state index contributed by atoms with van der Waals surface area (Å²) < 4.78 is 5.69. The lowest BCUT2D eigenvalue weighted by atomic mass is 10.0. The fraction of sp³-hybridized carbons (Fsp3) is 0.667. The second-order valence-electron chi connectivity index (χ2n) is 4.88. The lowest BCUT2D eigenvalue weighted by Gasteiger charge is -2.22. The van der Waals surface area contributed by atoms with Crippen molar-refractivity contribution >= 4 is 23.2 Å². The molecule has 0 N–H and O–H groups in total. The molecule has 1 saturated heterocycles. The summed E-state index contributed by atoms with van der Waals surface area (Å²) in [5, 5.41) is 0.874. The number of hydrogen-bond acceptors (Lipinski definition) is 3. The van der Waals surface area contributed by atoms with Crippen LogP contribution in [-0.2, 0) is 10.3 Å². The van der Waals surface area contributed by atoms with Crippen LogP contribution in [0.15, 0.2) is 0 Å². The number of aromatic nitrogens is 2. The Labute approximate surface area is 112 Å². The highest BCUT2D eigenvalue weighted by Crippen LogP contribution is 2.37. The Morgan fingerprint density at radius 1 is 1.24 bits per heavy atom. The number of rotatable bonds is 2. The molecule has 0 saturated carbocycles. The van der Waals surface area contributed by atoms with Crippen molar-refractivity contribution in [2.45, 2.75) is 45.1 Å². The molecule has 1 atom stereocenters. The van der Waals surface area contributed by atoms with Crippen molar-refractivity contribution in [2.24, 2.45) is 0 Å². The molecular weight excluding hydrogens is 259 g/mol. The summed E-state index contributed by atoms with van der Waals surface area (Å²) in [7, 11) is 0. The van der Waals surface area contributed by atoms with Crippen LogP contribution in [0.3, 0.4) is 0 Å². The van der Waals surface area contributed by atoms with Gasteiger partial charge in [-0.2, -0.15) is 0 Å². The van der Waals surface area contributed by atoms with E-state index in [1.165, 1.54) is 0 Å². The van der Waals surface area contributed by atoms with Crippen LogP contribution in [0.25, 0.3) is 0 Å². The molecule has 1 unspecified atom stereocenters. The minimum Gasteiger partial charge on any atom is -0.367 e. The van der Waals surface area contributed by atoms with E-state index in [-0.39, 0.29) is 5.92 Å². The van der Waals surface area contributed by atoms with Crippen LogP contribution in [0.5, 0.6) is 0 Å². The summed E-state index contributed by atoms with van der Waals surface area (Å²) in [4.78, 5) is 8.71. The van der Waals surface area contributed by atoms with Crippen molar-refractivity contribution in [1.82, 2.24) is 9.97 Å². The maximum Gasteiger partial charge on any atom is 0.163 e. The second kappa shape index (κ2) is 4.71. The van der Waals surface area contributed by atoms with Gasteiger partial charge in [0.05, 0.1) is 0 Å². The Bertz CT molecular complexity index is 406. The number of ether oxygens (including phenoxy) is 1. The third kappa shape index (κ3) is 2.42. The quantitative estimate of drug-likeness (QED) is 0.767. The Balaban J connectivity index is 2.45. The van der Waals surface area contributed by atoms with Gasteiger partial charge in [0.2, 0.25) is 0 Å². The average molecular weight is 275 g/mol. The van der Waals surface area contributed by atoms with Crippen molar-refractivity contribution in [1.29, 1.82) is 0 Å². The summed E-state index contributed by atoms with van der Waals surface area (Å²) in [6.07, 6.45) is 1.92. The molecule has 1 aromatic heterocycles. The van der Waals surface area contributed by atoms with E-state index < -0.39 is 5.60 Å². The highest BCUT2D eigenvalue weighted by atomic mass is 35.5. The van der Waals surface area contributed by atoms with Crippen LogP contribution in [0.2, 0.25) is 10.3 Å². The molecule has 0 aromatic carbocycles. The maximum absolute atomic E-state index is 6.18. The first kappa shape index (κ1) is 13.1. The third-order valence-electron chi connectivity index (χ3n) is 3.12. The molecule has 94 valence electrons. The van der Waals surface area contributed by atoms with Gasteiger partial charge in [0.15, 0.2) is 5.82 Å². The first-order valence-corrected chi connectivity index (χ1v) is 6.57. The summed E-state index contributed by atoms with van der Waals surface area (Å²) in [5.41, 5.74) is 0.363. The van der Waals surface area contributed by atoms with Gasteiger partial charge >= 0.3 is 0 Å². The van der Waals surface area contributed by atoms with Crippen LogP contribution >= 0.6 is 23.2 Å².